The predicted molar refractivity (Wildman–Crippen MR) is 283 cm³/mol. The van der Waals surface area contributed by atoms with Crippen LogP contribution in [0.1, 0.15) is 0 Å². The van der Waals surface area contributed by atoms with Crippen LogP contribution < -0.4 is 20.4 Å². The Hall–Kier alpha value is -8.66. The minimum absolute atomic E-state index is 0.297. The quantitative estimate of drug-likeness (QED) is 0.128. The molecular formula is C60H44F2N6Si. The van der Waals surface area contributed by atoms with Crippen molar-refractivity contribution in [1.82, 2.24) is 19.1 Å². The highest BCUT2D eigenvalue weighted by molar-refractivity contribution is 6.99. The van der Waals surface area contributed by atoms with Crippen molar-refractivity contribution in [1.29, 1.82) is 0 Å². The Morgan fingerprint density at radius 1 is 0.348 bits per heavy atom. The maximum absolute atomic E-state index is 14.4. The molecule has 0 saturated carbocycles. The van der Waals surface area contributed by atoms with E-state index in [1.807, 2.05) is 24.5 Å². The summed E-state index contributed by atoms with van der Waals surface area (Å²) in [5.41, 5.74) is 11.8. The first-order valence-corrected chi connectivity index (χ1v) is 26.0. The molecule has 8 aromatic carbocycles. The molecule has 0 N–H and O–H groups in total. The molecule has 0 amide bonds. The third-order valence-electron chi connectivity index (χ3n) is 13.3. The van der Waals surface area contributed by atoms with E-state index in [1.165, 1.54) is 24.3 Å². The number of hydrogen-bond acceptors (Lipinski definition) is 4. The van der Waals surface area contributed by atoms with Gasteiger partial charge in [0.25, 0.3) is 0 Å². The average molecular weight is 915 g/mol. The third kappa shape index (κ3) is 7.31. The lowest BCUT2D eigenvalue weighted by Crippen LogP contribution is -2.55. The number of pyridine rings is 2. The molecule has 0 unspecified atom stereocenters. The summed E-state index contributed by atoms with van der Waals surface area (Å²) in [6.45, 7) is 4.53. The van der Waals surface area contributed by atoms with E-state index in [9.17, 15) is 8.78 Å². The first-order valence-electron chi connectivity index (χ1n) is 23.0. The van der Waals surface area contributed by atoms with Gasteiger partial charge in [0.1, 0.15) is 11.6 Å². The summed E-state index contributed by atoms with van der Waals surface area (Å²) in [7, 11) is -2.46. The van der Waals surface area contributed by atoms with E-state index in [2.05, 4.69) is 190 Å². The Bertz CT molecular complexity index is 3560. The van der Waals surface area contributed by atoms with Gasteiger partial charge in [0.05, 0.1) is 45.8 Å². The molecule has 0 fully saturated rings. The van der Waals surface area contributed by atoms with Crippen molar-refractivity contribution in [2.24, 2.45) is 0 Å². The van der Waals surface area contributed by atoms with Crippen LogP contribution in [-0.4, -0.2) is 27.2 Å². The van der Waals surface area contributed by atoms with Crippen LogP contribution in [0.5, 0.6) is 0 Å². The number of para-hydroxylation sites is 4. The molecule has 69 heavy (non-hydrogen) atoms. The second-order valence-corrected chi connectivity index (χ2v) is 22.1. The fourth-order valence-corrected chi connectivity index (χ4v) is 11.9. The predicted octanol–water partition coefficient (Wildman–Crippen LogP) is 14.7. The van der Waals surface area contributed by atoms with Crippen molar-refractivity contribution >= 4 is 96.4 Å². The number of halogens is 2. The van der Waals surface area contributed by atoms with Crippen molar-refractivity contribution < 1.29 is 8.78 Å². The van der Waals surface area contributed by atoms with E-state index in [0.29, 0.717) is 0 Å². The Kier molecular flexibility index (Phi) is 10.2. The largest absolute Gasteiger partial charge is 0.309 e. The van der Waals surface area contributed by atoms with Gasteiger partial charge in [-0.25, -0.2) is 8.78 Å². The van der Waals surface area contributed by atoms with Gasteiger partial charge in [-0.3, -0.25) is 9.97 Å². The molecule has 0 saturated heterocycles. The Labute approximate surface area is 399 Å². The van der Waals surface area contributed by atoms with Gasteiger partial charge < -0.3 is 18.9 Å². The summed E-state index contributed by atoms with van der Waals surface area (Å²) in [5, 5.41) is 6.46. The number of rotatable bonds is 10. The van der Waals surface area contributed by atoms with Crippen molar-refractivity contribution in [3.05, 3.63) is 242 Å². The standard InChI is InChI=1S/C60H44F2N6Si/c1-69(2,59-35-31-49(39-63-59)65(45-25-21-41(61)22-26-45)47-29-33-57-53(37-47)51-17-9-11-19-55(51)67(57)43-13-5-3-6-14-43)60-36-32-50(40-64-60)66(46-27-23-42(62)24-28-46)48-30-34-58-54(38-48)52-18-10-12-20-56(52)68(58)44-15-7-4-8-16-44/h3-40H,1-2H3. The minimum Gasteiger partial charge on any atom is -0.309 e. The monoisotopic (exact) mass is 914 g/mol. The van der Waals surface area contributed by atoms with E-state index in [1.54, 1.807) is 24.3 Å². The maximum Gasteiger partial charge on any atom is 0.158 e. The van der Waals surface area contributed by atoms with Gasteiger partial charge in [-0.15, -0.1) is 0 Å². The Morgan fingerprint density at radius 3 is 1.09 bits per heavy atom. The van der Waals surface area contributed by atoms with Crippen LogP contribution in [0, 0.1) is 11.6 Å². The van der Waals surface area contributed by atoms with Crippen molar-refractivity contribution in [2.75, 3.05) is 9.80 Å². The number of anilines is 6. The maximum atomic E-state index is 14.4. The zero-order valence-corrected chi connectivity index (χ0v) is 38.9. The lowest BCUT2D eigenvalue weighted by molar-refractivity contribution is 0.627. The molecule has 12 rings (SSSR count). The zero-order chi connectivity index (χ0) is 46.6. The van der Waals surface area contributed by atoms with Gasteiger partial charge in [0.15, 0.2) is 8.07 Å². The number of benzene rings is 8. The van der Waals surface area contributed by atoms with E-state index < -0.39 is 8.07 Å². The third-order valence-corrected chi connectivity index (χ3v) is 16.5. The van der Waals surface area contributed by atoms with Gasteiger partial charge in [-0.05, 0) is 146 Å². The van der Waals surface area contributed by atoms with E-state index in [-0.39, 0.29) is 11.6 Å². The highest BCUT2D eigenvalue weighted by Crippen LogP contribution is 2.41. The van der Waals surface area contributed by atoms with E-state index in [4.69, 9.17) is 9.97 Å². The molecule has 4 aromatic heterocycles. The topological polar surface area (TPSA) is 42.1 Å². The second-order valence-electron chi connectivity index (χ2n) is 17.8. The van der Waals surface area contributed by atoms with Crippen molar-refractivity contribution in [2.45, 2.75) is 13.1 Å². The van der Waals surface area contributed by atoms with Gasteiger partial charge in [-0.2, -0.15) is 0 Å². The van der Waals surface area contributed by atoms with E-state index >= 15 is 0 Å². The van der Waals surface area contributed by atoms with Crippen LogP contribution in [0.2, 0.25) is 13.1 Å². The lowest BCUT2D eigenvalue weighted by atomic mass is 10.1. The molecule has 6 nitrogen and oxygen atoms in total. The highest BCUT2D eigenvalue weighted by atomic mass is 28.3. The molecule has 0 aliphatic carbocycles. The van der Waals surface area contributed by atoms with Crippen LogP contribution in [0.4, 0.5) is 42.9 Å². The van der Waals surface area contributed by atoms with Crippen LogP contribution in [0.25, 0.3) is 55.0 Å². The van der Waals surface area contributed by atoms with Crippen LogP contribution in [-0.2, 0) is 0 Å². The number of hydrogen-bond donors (Lipinski definition) is 0. The summed E-state index contributed by atoms with van der Waals surface area (Å²) in [6.07, 6.45) is 3.83. The summed E-state index contributed by atoms with van der Waals surface area (Å²) >= 11 is 0. The van der Waals surface area contributed by atoms with Gasteiger partial charge in [0.2, 0.25) is 0 Å². The summed E-state index contributed by atoms with van der Waals surface area (Å²) in [6, 6.07) is 72.4. The Morgan fingerprint density at radius 2 is 0.696 bits per heavy atom. The highest BCUT2D eigenvalue weighted by Gasteiger charge is 2.30. The molecule has 0 aliphatic rings. The molecule has 12 aromatic rings. The summed E-state index contributed by atoms with van der Waals surface area (Å²) < 4.78 is 33.4. The van der Waals surface area contributed by atoms with E-state index in [0.717, 1.165) is 99.7 Å². The molecule has 0 spiro atoms. The SMILES string of the molecule is C[Si](C)(c1ccc(N(c2ccc(F)cc2)c2ccc3c(c2)c2ccccc2n3-c2ccccc2)cn1)c1ccc(N(c2ccc(F)cc2)c2ccc3c(c2)c2ccccc2n3-c2ccccc2)cn1. The van der Waals surface area contributed by atoms with Gasteiger partial charge in [-0.1, -0.05) is 85.9 Å². The molecule has 332 valence electrons. The molecule has 0 atom stereocenters. The smallest absolute Gasteiger partial charge is 0.158 e. The Balaban J connectivity index is 0.898. The normalized spacial score (nSPS) is 11.8. The molecular weight excluding hydrogens is 871 g/mol. The zero-order valence-electron chi connectivity index (χ0n) is 37.9. The average Bonchev–Trinajstić information content (AvgIpc) is 3.91. The molecule has 0 bridgehead atoms. The van der Waals surface area contributed by atoms with Crippen LogP contribution in [0.3, 0.4) is 0 Å². The second kappa shape index (κ2) is 16.9. The van der Waals surface area contributed by atoms with Crippen molar-refractivity contribution in [3.63, 3.8) is 0 Å². The molecule has 0 radical (unpaired) electrons. The van der Waals surface area contributed by atoms with Gasteiger partial charge >= 0.3 is 0 Å². The minimum atomic E-state index is -2.46. The fraction of sp³-hybridized carbons (Fsp3) is 0.0333. The fourth-order valence-electron chi connectivity index (χ4n) is 9.89. The molecule has 9 heteroatoms. The van der Waals surface area contributed by atoms with Crippen LogP contribution >= 0.6 is 0 Å². The number of nitrogens with zero attached hydrogens (tertiary/aromatic N) is 6. The first kappa shape index (κ1) is 41.7. The number of aromatic nitrogens is 4. The molecule has 0 aliphatic heterocycles. The van der Waals surface area contributed by atoms with Crippen LogP contribution in [0.15, 0.2) is 231 Å². The molecule has 4 heterocycles. The van der Waals surface area contributed by atoms with Gasteiger partial charge in [0, 0.05) is 66.3 Å². The number of fused-ring (bicyclic) bond motifs is 6. The summed E-state index contributed by atoms with van der Waals surface area (Å²) in [5.74, 6) is -0.595. The lowest BCUT2D eigenvalue weighted by Gasteiger charge is -2.28. The van der Waals surface area contributed by atoms with Crippen molar-refractivity contribution in [3.8, 4) is 11.4 Å². The summed E-state index contributed by atoms with van der Waals surface area (Å²) in [4.78, 5) is 14.6. The first-order chi connectivity index (χ1) is 33.8.